The Morgan fingerprint density at radius 2 is 2.03 bits per heavy atom. The standard InChI is InChI=1S/C23H23N5O3S/c29-22(14-30-21-13-24-8-9-25-21)28-10-6-17(7-11-28)23-26-19(15-32-23)18-12-20(31-27-18)16-4-2-1-3-5-16/h1-5,8-9,13,15,17,20H,6-7,10-12,14H2. The first-order valence-corrected chi connectivity index (χ1v) is 11.5. The number of carbonyl (C=O) groups excluding carboxylic acids is 1. The largest absolute Gasteiger partial charge is 0.466 e. The van der Waals surface area contributed by atoms with Crippen molar-refractivity contribution < 1.29 is 14.4 Å². The van der Waals surface area contributed by atoms with E-state index in [1.54, 1.807) is 23.7 Å². The van der Waals surface area contributed by atoms with Crippen LogP contribution in [0.15, 0.2) is 59.5 Å². The van der Waals surface area contributed by atoms with Crippen LogP contribution in [-0.2, 0) is 9.63 Å². The van der Waals surface area contributed by atoms with E-state index >= 15 is 0 Å². The minimum Gasteiger partial charge on any atom is -0.466 e. The molecular weight excluding hydrogens is 426 g/mol. The van der Waals surface area contributed by atoms with Gasteiger partial charge >= 0.3 is 0 Å². The third-order valence-electron chi connectivity index (χ3n) is 5.74. The Balaban J connectivity index is 1.12. The first-order valence-electron chi connectivity index (χ1n) is 10.7. The summed E-state index contributed by atoms with van der Waals surface area (Å²) in [6, 6.07) is 10.1. The van der Waals surface area contributed by atoms with Crippen LogP contribution in [0, 0.1) is 0 Å². The van der Waals surface area contributed by atoms with Gasteiger partial charge in [-0.25, -0.2) is 9.97 Å². The van der Waals surface area contributed by atoms with Crippen LogP contribution in [0.25, 0.3) is 0 Å². The van der Waals surface area contributed by atoms with Crippen molar-refractivity contribution in [3.63, 3.8) is 0 Å². The lowest BCUT2D eigenvalue weighted by molar-refractivity contribution is -0.134. The van der Waals surface area contributed by atoms with Gasteiger partial charge in [0.2, 0.25) is 5.88 Å². The summed E-state index contributed by atoms with van der Waals surface area (Å²) in [5.74, 6) is 0.684. The van der Waals surface area contributed by atoms with Crippen molar-refractivity contribution in [3.05, 3.63) is 70.6 Å². The SMILES string of the molecule is O=C(COc1cnccn1)N1CCC(c2nc(C3=NOC(c4ccccc4)C3)cs2)CC1. The van der Waals surface area contributed by atoms with Crippen molar-refractivity contribution in [1.82, 2.24) is 19.9 Å². The fourth-order valence-corrected chi connectivity index (χ4v) is 4.95. The second kappa shape index (κ2) is 9.44. The van der Waals surface area contributed by atoms with E-state index in [1.807, 2.05) is 23.1 Å². The fourth-order valence-electron chi connectivity index (χ4n) is 3.95. The van der Waals surface area contributed by atoms with Crippen LogP contribution in [-0.4, -0.2) is 51.2 Å². The summed E-state index contributed by atoms with van der Waals surface area (Å²) < 4.78 is 5.43. The first kappa shape index (κ1) is 20.6. The van der Waals surface area contributed by atoms with E-state index in [4.69, 9.17) is 14.6 Å². The highest BCUT2D eigenvalue weighted by molar-refractivity contribution is 7.10. The average Bonchev–Trinajstić information content (AvgIpc) is 3.54. The molecule has 8 nitrogen and oxygen atoms in total. The van der Waals surface area contributed by atoms with Crippen molar-refractivity contribution >= 4 is 23.0 Å². The van der Waals surface area contributed by atoms with Crippen LogP contribution < -0.4 is 4.74 Å². The van der Waals surface area contributed by atoms with E-state index in [9.17, 15) is 4.79 Å². The topological polar surface area (TPSA) is 89.8 Å². The van der Waals surface area contributed by atoms with Crippen LogP contribution >= 0.6 is 11.3 Å². The summed E-state index contributed by atoms with van der Waals surface area (Å²) in [6.45, 7) is 1.37. The number of carbonyl (C=O) groups is 1. The zero-order chi connectivity index (χ0) is 21.8. The lowest BCUT2D eigenvalue weighted by Gasteiger charge is -2.31. The Kier molecular flexibility index (Phi) is 6.06. The molecule has 1 amide bonds. The molecule has 0 radical (unpaired) electrons. The zero-order valence-electron chi connectivity index (χ0n) is 17.5. The molecule has 1 saturated heterocycles. The molecule has 2 aliphatic heterocycles. The Bertz CT molecular complexity index is 1080. The molecule has 3 aromatic rings. The van der Waals surface area contributed by atoms with Crippen molar-refractivity contribution in [1.29, 1.82) is 0 Å². The van der Waals surface area contributed by atoms with Gasteiger partial charge in [-0.05, 0) is 18.4 Å². The number of hydrogen-bond acceptors (Lipinski definition) is 8. The maximum Gasteiger partial charge on any atom is 0.260 e. The molecular formula is C23H23N5O3S. The average molecular weight is 450 g/mol. The van der Waals surface area contributed by atoms with E-state index < -0.39 is 0 Å². The van der Waals surface area contributed by atoms with Gasteiger partial charge in [0.15, 0.2) is 12.7 Å². The van der Waals surface area contributed by atoms with Gasteiger partial charge in [-0.1, -0.05) is 35.5 Å². The van der Waals surface area contributed by atoms with E-state index in [-0.39, 0.29) is 18.6 Å². The van der Waals surface area contributed by atoms with Crippen LogP contribution in [0.3, 0.4) is 0 Å². The fraction of sp³-hybridized carbons (Fsp3) is 0.348. The Morgan fingerprint density at radius 1 is 1.19 bits per heavy atom. The number of aromatic nitrogens is 3. The predicted molar refractivity (Wildman–Crippen MR) is 120 cm³/mol. The normalized spacial score (nSPS) is 18.8. The molecule has 9 heteroatoms. The number of nitrogens with zero attached hydrogens (tertiary/aromatic N) is 5. The molecule has 1 atom stereocenters. The monoisotopic (exact) mass is 449 g/mol. The Labute approximate surface area is 189 Å². The maximum absolute atomic E-state index is 12.5. The van der Waals surface area contributed by atoms with Crippen molar-refractivity contribution in [2.75, 3.05) is 19.7 Å². The molecule has 1 unspecified atom stereocenters. The number of likely N-dealkylation sites (tertiary alicyclic amines) is 1. The Hall–Kier alpha value is -3.33. The number of thiazole rings is 1. The van der Waals surface area contributed by atoms with E-state index in [2.05, 4.69) is 32.6 Å². The lowest BCUT2D eigenvalue weighted by atomic mass is 9.97. The molecule has 0 aliphatic carbocycles. The molecule has 2 aliphatic rings. The summed E-state index contributed by atoms with van der Waals surface area (Å²) in [5, 5.41) is 7.46. The van der Waals surface area contributed by atoms with E-state index in [0.29, 0.717) is 24.9 Å². The first-order chi connectivity index (χ1) is 15.8. The molecule has 1 fully saturated rings. The van der Waals surface area contributed by atoms with Gasteiger partial charge in [-0.3, -0.25) is 9.78 Å². The number of amides is 1. The molecule has 0 N–H and O–H groups in total. The molecule has 0 spiro atoms. The van der Waals surface area contributed by atoms with Crippen molar-refractivity contribution in [2.45, 2.75) is 31.3 Å². The van der Waals surface area contributed by atoms with Crippen molar-refractivity contribution in [2.24, 2.45) is 5.16 Å². The molecule has 5 rings (SSSR count). The summed E-state index contributed by atoms with van der Waals surface area (Å²) >= 11 is 1.67. The molecule has 1 aromatic carbocycles. The second-order valence-electron chi connectivity index (χ2n) is 7.81. The number of benzene rings is 1. The van der Waals surface area contributed by atoms with Gasteiger partial charge in [-0.2, -0.15) is 0 Å². The summed E-state index contributed by atoms with van der Waals surface area (Å²) in [6.07, 6.45) is 7.07. The predicted octanol–water partition coefficient (Wildman–Crippen LogP) is 3.58. The molecule has 2 aromatic heterocycles. The summed E-state index contributed by atoms with van der Waals surface area (Å²) in [5.41, 5.74) is 2.93. The van der Waals surface area contributed by atoms with Crippen LogP contribution in [0.2, 0.25) is 0 Å². The quantitative estimate of drug-likeness (QED) is 0.571. The van der Waals surface area contributed by atoms with Gasteiger partial charge in [0.1, 0.15) is 5.71 Å². The number of oxime groups is 1. The molecule has 4 heterocycles. The van der Waals surface area contributed by atoms with Gasteiger partial charge in [0.25, 0.3) is 5.91 Å². The third-order valence-corrected chi connectivity index (χ3v) is 6.74. The summed E-state index contributed by atoms with van der Waals surface area (Å²) in [7, 11) is 0. The van der Waals surface area contributed by atoms with Crippen LogP contribution in [0.4, 0.5) is 0 Å². The lowest BCUT2D eigenvalue weighted by Crippen LogP contribution is -2.40. The Morgan fingerprint density at radius 3 is 2.81 bits per heavy atom. The highest BCUT2D eigenvalue weighted by Crippen LogP contribution is 2.33. The molecule has 0 bridgehead atoms. The van der Waals surface area contributed by atoms with Gasteiger partial charge in [0.05, 0.1) is 16.9 Å². The number of rotatable bonds is 6. The third kappa shape index (κ3) is 4.62. The highest BCUT2D eigenvalue weighted by Gasteiger charge is 2.29. The molecule has 164 valence electrons. The smallest absolute Gasteiger partial charge is 0.260 e. The number of piperidine rings is 1. The van der Waals surface area contributed by atoms with Crippen molar-refractivity contribution in [3.8, 4) is 5.88 Å². The maximum atomic E-state index is 12.5. The van der Waals surface area contributed by atoms with Gasteiger partial charge < -0.3 is 14.5 Å². The van der Waals surface area contributed by atoms with E-state index in [0.717, 1.165) is 41.2 Å². The number of hydrogen-bond donors (Lipinski definition) is 0. The minimum atomic E-state index is -0.0466. The second-order valence-corrected chi connectivity index (χ2v) is 8.69. The summed E-state index contributed by atoms with van der Waals surface area (Å²) in [4.78, 5) is 32.8. The van der Waals surface area contributed by atoms with Crippen LogP contribution in [0.5, 0.6) is 5.88 Å². The van der Waals surface area contributed by atoms with E-state index in [1.165, 1.54) is 6.20 Å². The molecule has 0 saturated carbocycles. The number of ether oxygens (including phenoxy) is 1. The molecule has 32 heavy (non-hydrogen) atoms. The van der Waals surface area contributed by atoms with Gasteiger partial charge in [-0.15, -0.1) is 11.3 Å². The zero-order valence-corrected chi connectivity index (χ0v) is 18.3. The van der Waals surface area contributed by atoms with Gasteiger partial charge in [0, 0.05) is 43.2 Å². The highest BCUT2D eigenvalue weighted by atomic mass is 32.1. The van der Waals surface area contributed by atoms with Crippen LogP contribution in [0.1, 0.15) is 47.5 Å². The minimum absolute atomic E-state index is 0.0207.